The minimum absolute atomic E-state index is 0.0300. The summed E-state index contributed by atoms with van der Waals surface area (Å²) in [6.07, 6.45) is 11.8. The molecule has 0 radical (unpaired) electrons. The van der Waals surface area contributed by atoms with Crippen molar-refractivity contribution in [3.63, 3.8) is 0 Å². The third-order valence-corrected chi connectivity index (χ3v) is 17.6. The Morgan fingerprint density at radius 1 is 0.704 bits per heavy atom. The van der Waals surface area contributed by atoms with Gasteiger partial charge in [0.05, 0.1) is 41.6 Å². The van der Waals surface area contributed by atoms with E-state index in [9.17, 15) is 25.6 Å². The number of anilines is 2. The van der Waals surface area contributed by atoms with Crippen molar-refractivity contribution in [3.8, 4) is 34.3 Å². The summed E-state index contributed by atoms with van der Waals surface area (Å²) < 4.78 is 95.2. The van der Waals surface area contributed by atoms with Crippen LogP contribution in [0.3, 0.4) is 0 Å². The summed E-state index contributed by atoms with van der Waals surface area (Å²) in [4.78, 5) is 31.7. The maximum absolute atomic E-state index is 14.6. The highest BCUT2D eigenvalue weighted by atomic mass is 35.5. The number of thiophene rings is 1. The molecule has 8 aromatic rings. The summed E-state index contributed by atoms with van der Waals surface area (Å²) in [6, 6.07) is 11.4. The third kappa shape index (κ3) is 10.9. The number of benzene rings is 1. The first-order valence-corrected chi connectivity index (χ1v) is 26.8. The number of ether oxygens (including phenoxy) is 2. The van der Waals surface area contributed by atoms with E-state index in [4.69, 9.17) is 32.7 Å². The zero-order chi connectivity index (χ0) is 49.9. The molecule has 2 atom stereocenters. The van der Waals surface area contributed by atoms with E-state index in [1.165, 1.54) is 58.7 Å². The first kappa shape index (κ1) is 49.9. The van der Waals surface area contributed by atoms with Gasteiger partial charge in [0.15, 0.2) is 46.4 Å². The number of nitrogens with one attached hydrogen (secondary N) is 4. The SMILES string of the molecule is COc1ccc(S(=O)(=O)N2CCCC(CNc3nc(-c4c[nH]c5ncc(Cl)cc45)ncc3F)C2)cc1OC.O=S(=O)(c1cccs1)N1CCCC(CNc2nc(-c3c[nH]c4ncc(Cl)cc34)ncc2F)C1. The van der Waals surface area contributed by atoms with Crippen LogP contribution in [0, 0.1) is 23.5 Å². The molecule has 0 amide bonds. The number of aromatic nitrogens is 8. The van der Waals surface area contributed by atoms with E-state index in [1.54, 1.807) is 48.1 Å². The van der Waals surface area contributed by atoms with E-state index in [0.717, 1.165) is 42.4 Å². The highest BCUT2D eigenvalue weighted by Gasteiger charge is 2.33. The number of fused-ring (bicyclic) bond motifs is 2. The molecule has 9 heterocycles. The van der Waals surface area contributed by atoms with Gasteiger partial charge < -0.3 is 30.1 Å². The molecule has 1 aromatic carbocycles. The predicted molar refractivity (Wildman–Crippen MR) is 268 cm³/mol. The maximum atomic E-state index is 14.6. The Balaban J connectivity index is 0.000000177. The molecule has 2 fully saturated rings. The number of hydrogen-bond acceptors (Lipinski definition) is 15. The second kappa shape index (κ2) is 21.3. The fourth-order valence-electron chi connectivity index (χ4n) is 8.54. The lowest BCUT2D eigenvalue weighted by atomic mass is 10.00. The Morgan fingerprint density at radius 2 is 1.23 bits per heavy atom. The molecule has 372 valence electrons. The zero-order valence-corrected chi connectivity index (χ0v) is 42.0. The van der Waals surface area contributed by atoms with E-state index < -0.39 is 31.7 Å². The van der Waals surface area contributed by atoms with Crippen LogP contribution in [0.5, 0.6) is 11.5 Å². The van der Waals surface area contributed by atoms with Gasteiger partial charge in [-0.15, -0.1) is 11.3 Å². The van der Waals surface area contributed by atoms with Crippen LogP contribution in [0.25, 0.3) is 44.8 Å². The minimum atomic E-state index is -3.75. The zero-order valence-electron chi connectivity index (χ0n) is 38.1. The summed E-state index contributed by atoms with van der Waals surface area (Å²) in [7, 11) is -4.30. The molecule has 2 unspecified atom stereocenters. The molecule has 7 aromatic heterocycles. The van der Waals surface area contributed by atoms with Crippen LogP contribution in [0.2, 0.25) is 10.0 Å². The molecule has 10 rings (SSSR count). The summed E-state index contributed by atoms with van der Waals surface area (Å²) in [5.41, 5.74) is 2.55. The van der Waals surface area contributed by atoms with Crippen LogP contribution < -0.4 is 20.1 Å². The highest BCUT2D eigenvalue weighted by Crippen LogP contribution is 2.34. The predicted octanol–water partition coefficient (Wildman–Crippen LogP) is 8.73. The van der Waals surface area contributed by atoms with E-state index in [1.807, 2.05) is 0 Å². The van der Waals surface area contributed by atoms with Crippen molar-refractivity contribution in [2.45, 2.75) is 34.8 Å². The van der Waals surface area contributed by atoms with Gasteiger partial charge in [-0.2, -0.15) is 8.61 Å². The summed E-state index contributed by atoms with van der Waals surface area (Å²) in [5.74, 6) is 0.350. The van der Waals surface area contributed by atoms with E-state index in [2.05, 4.69) is 50.5 Å². The fraction of sp³-hybridized carbons (Fsp3) is 0.304. The number of hydrogen-bond donors (Lipinski definition) is 4. The van der Waals surface area contributed by atoms with Gasteiger partial charge in [-0.05, 0) is 73.2 Å². The second-order valence-electron chi connectivity index (χ2n) is 16.7. The quantitative estimate of drug-likeness (QED) is 0.0799. The maximum Gasteiger partial charge on any atom is 0.252 e. The van der Waals surface area contributed by atoms with Gasteiger partial charge in [0.25, 0.3) is 10.0 Å². The van der Waals surface area contributed by atoms with Crippen molar-refractivity contribution in [2.24, 2.45) is 11.8 Å². The van der Waals surface area contributed by atoms with Crippen LogP contribution in [0.4, 0.5) is 20.4 Å². The number of halogens is 4. The van der Waals surface area contributed by atoms with Crippen molar-refractivity contribution in [2.75, 3.05) is 64.1 Å². The number of pyridine rings is 2. The van der Waals surface area contributed by atoms with Crippen LogP contribution in [0.15, 0.2) is 94.1 Å². The highest BCUT2D eigenvalue weighted by molar-refractivity contribution is 7.91. The molecular weight excluding hydrogens is 1020 g/mol. The lowest BCUT2D eigenvalue weighted by Crippen LogP contribution is -2.41. The molecule has 0 saturated carbocycles. The molecule has 18 nitrogen and oxygen atoms in total. The van der Waals surface area contributed by atoms with Crippen LogP contribution in [-0.2, 0) is 20.0 Å². The van der Waals surface area contributed by atoms with Gasteiger partial charge in [-0.1, -0.05) is 29.3 Å². The molecule has 2 aliphatic heterocycles. The minimum Gasteiger partial charge on any atom is -0.493 e. The molecule has 2 saturated heterocycles. The number of H-pyrrole nitrogens is 2. The number of piperidine rings is 2. The Bertz CT molecular complexity index is 3420. The number of methoxy groups -OCH3 is 2. The Labute approximate surface area is 421 Å². The topological polar surface area (TPSA) is 226 Å². The monoisotopic (exact) mass is 1070 g/mol. The molecule has 0 aliphatic carbocycles. The van der Waals surface area contributed by atoms with Crippen molar-refractivity contribution < 1.29 is 35.1 Å². The number of nitrogens with zero attached hydrogens (tertiary/aromatic N) is 8. The summed E-state index contributed by atoms with van der Waals surface area (Å²) in [6.45, 7) is 2.28. The van der Waals surface area contributed by atoms with Gasteiger partial charge in [0.1, 0.15) is 15.5 Å². The number of aromatic amines is 2. The molecule has 25 heteroatoms. The van der Waals surface area contributed by atoms with Gasteiger partial charge in [0, 0.05) is 92.0 Å². The van der Waals surface area contributed by atoms with Gasteiger partial charge in [0.2, 0.25) is 10.0 Å². The standard InChI is InChI=1S/C25H26ClFN6O4S.C21H20ClFN6O2S2/c1-36-21-6-5-17(9-22(21)37-2)38(34,35)33-7-3-4-15(14-33)10-28-25-20(27)13-31-24(32-25)19-12-30-23-18(19)8-16(26)11-29-23;22-14-7-15-16(10-26-19(15)25-9-14)20-27-11-17(23)21(28-20)24-8-13-3-1-5-29(12-13)33(30,31)18-4-2-6-32-18/h5-6,8-9,11-13,15H,3-4,7,10,14H2,1-2H3,(H,29,30)(H,28,31,32);2,4,6-7,9-11,13H,1,3,5,8,12H2,(H,25,26)(H,24,27,28). The van der Waals surface area contributed by atoms with Crippen molar-refractivity contribution in [1.82, 2.24) is 48.5 Å². The van der Waals surface area contributed by atoms with E-state index >= 15 is 0 Å². The Kier molecular flexibility index (Phi) is 15.0. The molecule has 2 aliphatic rings. The largest absolute Gasteiger partial charge is 0.493 e. The summed E-state index contributed by atoms with van der Waals surface area (Å²) in [5, 5.41) is 10.3. The molecule has 4 N–H and O–H groups in total. The first-order chi connectivity index (χ1) is 34.2. The first-order valence-electron chi connectivity index (χ1n) is 22.3. The van der Waals surface area contributed by atoms with Crippen LogP contribution in [-0.4, -0.2) is 119 Å². The van der Waals surface area contributed by atoms with E-state index in [0.29, 0.717) is 99.0 Å². The lowest BCUT2D eigenvalue weighted by molar-refractivity contribution is 0.275. The average Bonchev–Trinajstić information content (AvgIpc) is 4.18. The second-order valence-corrected chi connectivity index (χ2v) is 22.7. The third-order valence-electron chi connectivity index (χ3n) is 12.1. The van der Waals surface area contributed by atoms with Crippen LogP contribution >= 0.6 is 34.5 Å². The lowest BCUT2D eigenvalue weighted by Gasteiger charge is -2.32. The number of rotatable bonds is 14. The van der Waals surface area contributed by atoms with Crippen molar-refractivity contribution >= 4 is 88.3 Å². The molecular formula is C46H46Cl2F2N12O6S3. The normalized spacial score (nSPS) is 16.9. The number of sulfonamides is 2. The van der Waals surface area contributed by atoms with Crippen molar-refractivity contribution in [3.05, 3.63) is 107 Å². The smallest absolute Gasteiger partial charge is 0.252 e. The fourth-order valence-corrected chi connectivity index (χ4v) is 13.1. The molecule has 71 heavy (non-hydrogen) atoms. The summed E-state index contributed by atoms with van der Waals surface area (Å²) >= 11 is 13.4. The Hall–Kier alpha value is -6.08. The molecule has 0 spiro atoms. The van der Waals surface area contributed by atoms with Crippen molar-refractivity contribution in [1.29, 1.82) is 0 Å². The average molecular weight is 1070 g/mol. The Morgan fingerprint density at radius 3 is 1.72 bits per heavy atom. The van der Waals surface area contributed by atoms with Gasteiger partial charge >= 0.3 is 0 Å². The van der Waals surface area contributed by atoms with Gasteiger partial charge in [-0.3, -0.25) is 0 Å². The van der Waals surface area contributed by atoms with Gasteiger partial charge in [-0.25, -0.2) is 55.5 Å². The van der Waals surface area contributed by atoms with Crippen LogP contribution in [0.1, 0.15) is 25.7 Å². The molecule has 0 bridgehead atoms. The van der Waals surface area contributed by atoms with E-state index in [-0.39, 0.29) is 34.9 Å².